The van der Waals surface area contributed by atoms with E-state index in [9.17, 15) is 9.59 Å². The molecule has 0 aliphatic carbocycles. The average molecular weight is 193 g/mol. The number of rotatable bonds is 1. The summed E-state index contributed by atoms with van der Waals surface area (Å²) in [5, 5.41) is 0. The van der Waals surface area contributed by atoms with Crippen molar-refractivity contribution in [3.05, 3.63) is 39.3 Å². The Morgan fingerprint density at radius 1 is 1.50 bits per heavy atom. The second-order valence-corrected chi connectivity index (χ2v) is 2.62. The maximum atomic E-state index is 11.3. The molecule has 0 aliphatic rings. The molecule has 2 aromatic rings. The van der Waals surface area contributed by atoms with Crippen molar-refractivity contribution >= 4 is 5.65 Å². The van der Waals surface area contributed by atoms with Gasteiger partial charge in [0, 0.05) is 6.20 Å². The Labute approximate surface area is 77.8 Å². The zero-order valence-electron chi connectivity index (χ0n) is 7.35. The summed E-state index contributed by atoms with van der Waals surface area (Å²) >= 11 is 0. The first-order valence-electron chi connectivity index (χ1n) is 3.88. The van der Waals surface area contributed by atoms with Gasteiger partial charge in [0.15, 0.2) is 11.4 Å². The number of aromatic nitrogens is 3. The molecular formula is C8H7N3O3. The fourth-order valence-electron chi connectivity index (χ4n) is 1.19. The molecule has 14 heavy (non-hydrogen) atoms. The third-order valence-corrected chi connectivity index (χ3v) is 1.79. The lowest BCUT2D eigenvalue weighted by Crippen LogP contribution is -2.28. The Hall–Kier alpha value is -2.11. The molecule has 0 spiro atoms. The molecular weight excluding hydrogens is 186 g/mol. The zero-order valence-corrected chi connectivity index (χ0v) is 7.35. The monoisotopic (exact) mass is 193 g/mol. The number of nitrogens with one attached hydrogen (secondary N) is 1. The quantitative estimate of drug-likeness (QED) is 0.655. The highest BCUT2D eigenvalue weighted by molar-refractivity contribution is 5.51. The summed E-state index contributed by atoms with van der Waals surface area (Å²) in [5.41, 5.74) is -0.998. The van der Waals surface area contributed by atoms with Gasteiger partial charge < -0.3 is 4.74 Å². The predicted molar refractivity (Wildman–Crippen MR) is 48.6 cm³/mol. The largest absolute Gasteiger partial charge is 0.493 e. The van der Waals surface area contributed by atoms with E-state index in [1.54, 1.807) is 12.1 Å². The summed E-state index contributed by atoms with van der Waals surface area (Å²) in [6, 6.07) is 3.26. The van der Waals surface area contributed by atoms with Crippen LogP contribution in [0, 0.1) is 0 Å². The maximum absolute atomic E-state index is 11.3. The first-order chi connectivity index (χ1) is 6.72. The Morgan fingerprint density at radius 2 is 2.29 bits per heavy atom. The van der Waals surface area contributed by atoms with Crippen LogP contribution in [0.2, 0.25) is 0 Å². The van der Waals surface area contributed by atoms with Crippen LogP contribution in [0.15, 0.2) is 27.9 Å². The molecule has 2 aromatic heterocycles. The summed E-state index contributed by atoms with van der Waals surface area (Å²) in [5.74, 6) is 0.385. The Balaban J connectivity index is 3.01. The maximum Gasteiger partial charge on any atom is 0.351 e. The van der Waals surface area contributed by atoms with Crippen molar-refractivity contribution in [3.8, 4) is 5.75 Å². The number of hydrogen-bond acceptors (Lipinski definition) is 4. The molecule has 0 bridgehead atoms. The van der Waals surface area contributed by atoms with Gasteiger partial charge in [-0.05, 0) is 12.1 Å². The van der Waals surface area contributed by atoms with Gasteiger partial charge in [-0.15, -0.1) is 0 Å². The molecule has 2 heterocycles. The number of fused-ring (bicyclic) bond motifs is 1. The first-order valence-corrected chi connectivity index (χ1v) is 3.88. The molecule has 6 nitrogen and oxygen atoms in total. The van der Waals surface area contributed by atoms with Crippen molar-refractivity contribution in [1.29, 1.82) is 0 Å². The van der Waals surface area contributed by atoms with E-state index in [0.29, 0.717) is 5.75 Å². The molecule has 0 atom stereocenters. The van der Waals surface area contributed by atoms with Gasteiger partial charge in [0.25, 0.3) is 0 Å². The van der Waals surface area contributed by atoms with E-state index in [-0.39, 0.29) is 5.65 Å². The lowest BCUT2D eigenvalue weighted by Gasteiger charge is -2.02. The van der Waals surface area contributed by atoms with E-state index in [0.717, 1.165) is 0 Å². The van der Waals surface area contributed by atoms with Gasteiger partial charge in [0.2, 0.25) is 0 Å². The fraction of sp³-hybridized carbons (Fsp3) is 0.125. The van der Waals surface area contributed by atoms with Crippen LogP contribution in [-0.2, 0) is 0 Å². The minimum absolute atomic E-state index is 0.212. The first kappa shape index (κ1) is 8.49. The van der Waals surface area contributed by atoms with Gasteiger partial charge >= 0.3 is 11.4 Å². The van der Waals surface area contributed by atoms with Gasteiger partial charge in [-0.2, -0.15) is 4.98 Å². The van der Waals surface area contributed by atoms with Crippen LogP contribution in [0.25, 0.3) is 5.65 Å². The summed E-state index contributed by atoms with van der Waals surface area (Å²) in [6.45, 7) is 0. The van der Waals surface area contributed by atoms with Gasteiger partial charge in [0.1, 0.15) is 0 Å². The molecule has 0 saturated carbocycles. The van der Waals surface area contributed by atoms with Crippen molar-refractivity contribution < 1.29 is 4.74 Å². The third-order valence-electron chi connectivity index (χ3n) is 1.79. The Bertz CT molecular complexity index is 584. The van der Waals surface area contributed by atoms with E-state index in [4.69, 9.17) is 4.74 Å². The molecule has 0 aromatic carbocycles. The number of nitrogens with zero attached hydrogens (tertiary/aromatic N) is 2. The minimum Gasteiger partial charge on any atom is -0.493 e. The van der Waals surface area contributed by atoms with Crippen LogP contribution in [0.1, 0.15) is 0 Å². The normalized spacial score (nSPS) is 10.4. The molecule has 0 aliphatic heterocycles. The lowest BCUT2D eigenvalue weighted by molar-refractivity contribution is 0.416. The van der Waals surface area contributed by atoms with Crippen molar-refractivity contribution in [1.82, 2.24) is 14.4 Å². The lowest BCUT2D eigenvalue weighted by atomic mass is 10.4. The summed E-state index contributed by atoms with van der Waals surface area (Å²) in [4.78, 5) is 27.9. The smallest absolute Gasteiger partial charge is 0.351 e. The number of ether oxygens (including phenoxy) is 1. The van der Waals surface area contributed by atoms with E-state index in [1.807, 2.05) is 4.98 Å². The molecule has 72 valence electrons. The average Bonchev–Trinajstić information content (AvgIpc) is 2.17. The standard InChI is InChI=1S/C8H7N3O3/c1-14-5-3-2-4-11-6(5)9-7(12)10-8(11)13/h2-4H,1H3,(H,10,12,13). The van der Waals surface area contributed by atoms with Crippen LogP contribution >= 0.6 is 0 Å². The Kier molecular flexibility index (Phi) is 1.81. The summed E-state index contributed by atoms with van der Waals surface area (Å²) < 4.78 is 6.17. The number of aromatic amines is 1. The van der Waals surface area contributed by atoms with Crippen molar-refractivity contribution in [2.75, 3.05) is 7.11 Å². The van der Waals surface area contributed by atoms with Crippen molar-refractivity contribution in [3.63, 3.8) is 0 Å². The molecule has 1 N–H and O–H groups in total. The van der Waals surface area contributed by atoms with Crippen LogP contribution in [0.4, 0.5) is 0 Å². The van der Waals surface area contributed by atoms with Crippen molar-refractivity contribution in [2.24, 2.45) is 0 Å². The highest BCUT2D eigenvalue weighted by Crippen LogP contribution is 2.12. The van der Waals surface area contributed by atoms with Gasteiger partial charge in [-0.3, -0.25) is 4.98 Å². The topological polar surface area (TPSA) is 76.5 Å². The molecule has 0 unspecified atom stereocenters. The molecule has 0 amide bonds. The fourth-order valence-corrected chi connectivity index (χ4v) is 1.19. The second-order valence-electron chi connectivity index (χ2n) is 2.62. The van der Waals surface area contributed by atoms with Crippen LogP contribution in [0.3, 0.4) is 0 Å². The summed E-state index contributed by atoms with van der Waals surface area (Å²) in [6.07, 6.45) is 1.50. The summed E-state index contributed by atoms with van der Waals surface area (Å²) in [7, 11) is 1.45. The molecule has 6 heteroatoms. The van der Waals surface area contributed by atoms with E-state index in [1.165, 1.54) is 17.7 Å². The highest BCUT2D eigenvalue weighted by atomic mass is 16.5. The van der Waals surface area contributed by atoms with Gasteiger partial charge in [-0.1, -0.05) is 0 Å². The van der Waals surface area contributed by atoms with Gasteiger partial charge in [0.05, 0.1) is 7.11 Å². The molecule has 0 radical (unpaired) electrons. The van der Waals surface area contributed by atoms with Crippen molar-refractivity contribution in [2.45, 2.75) is 0 Å². The number of hydrogen-bond donors (Lipinski definition) is 1. The Morgan fingerprint density at radius 3 is 3.00 bits per heavy atom. The number of pyridine rings is 1. The third kappa shape index (κ3) is 1.17. The van der Waals surface area contributed by atoms with E-state index < -0.39 is 11.4 Å². The van der Waals surface area contributed by atoms with Crippen LogP contribution in [0.5, 0.6) is 5.75 Å². The highest BCUT2D eigenvalue weighted by Gasteiger charge is 2.04. The molecule has 0 fully saturated rings. The minimum atomic E-state index is -0.681. The van der Waals surface area contributed by atoms with Crippen LogP contribution in [-0.4, -0.2) is 21.5 Å². The van der Waals surface area contributed by atoms with E-state index >= 15 is 0 Å². The number of H-pyrrole nitrogens is 1. The van der Waals surface area contributed by atoms with Gasteiger partial charge in [-0.25, -0.2) is 14.0 Å². The van der Waals surface area contributed by atoms with E-state index in [2.05, 4.69) is 4.98 Å². The number of methoxy groups -OCH3 is 1. The molecule has 2 rings (SSSR count). The molecule has 0 saturated heterocycles. The van der Waals surface area contributed by atoms with Crippen LogP contribution < -0.4 is 16.1 Å². The SMILES string of the molecule is COc1cccn2c(=O)[nH]c(=O)nc12. The zero-order chi connectivity index (χ0) is 10.1. The predicted octanol–water partition coefficient (Wildman–Crippen LogP) is -0.609. The second kappa shape index (κ2) is 2.99.